The van der Waals surface area contributed by atoms with Gasteiger partial charge in [-0.2, -0.15) is 13.2 Å². The van der Waals surface area contributed by atoms with Gasteiger partial charge < -0.3 is 9.84 Å². The summed E-state index contributed by atoms with van der Waals surface area (Å²) in [5.74, 6) is -1.51. The van der Waals surface area contributed by atoms with Crippen LogP contribution in [-0.4, -0.2) is 18.2 Å². The fourth-order valence-electron chi connectivity index (χ4n) is 1.78. The second-order valence-electron chi connectivity index (χ2n) is 5.01. The van der Waals surface area contributed by atoms with E-state index in [2.05, 4.69) is 0 Å². The summed E-state index contributed by atoms with van der Waals surface area (Å²) >= 11 is 5.69. The Morgan fingerprint density at radius 3 is 2.30 bits per heavy atom. The zero-order valence-electron chi connectivity index (χ0n) is 11.1. The number of benzene rings is 1. The van der Waals surface area contributed by atoms with Crippen LogP contribution >= 0.6 is 11.6 Å². The van der Waals surface area contributed by atoms with Crippen molar-refractivity contribution in [2.45, 2.75) is 26.4 Å². The fraction of sp³-hybridized carbons (Fsp3) is 0.462. The first-order valence-electron chi connectivity index (χ1n) is 5.66. The Kier molecular flexibility index (Phi) is 4.59. The molecule has 112 valence electrons. The van der Waals surface area contributed by atoms with Crippen molar-refractivity contribution in [2.75, 3.05) is 7.11 Å². The van der Waals surface area contributed by atoms with Crippen LogP contribution in [0.15, 0.2) is 12.1 Å². The van der Waals surface area contributed by atoms with E-state index in [1.54, 1.807) is 0 Å². The van der Waals surface area contributed by atoms with Crippen LogP contribution in [0, 0.1) is 5.41 Å². The molecule has 0 radical (unpaired) electrons. The lowest BCUT2D eigenvalue weighted by Gasteiger charge is -2.22. The number of alkyl halides is 3. The van der Waals surface area contributed by atoms with E-state index < -0.39 is 28.9 Å². The van der Waals surface area contributed by atoms with Crippen molar-refractivity contribution in [3.05, 3.63) is 28.3 Å². The van der Waals surface area contributed by atoms with Crippen molar-refractivity contribution < 1.29 is 27.8 Å². The van der Waals surface area contributed by atoms with Crippen molar-refractivity contribution in [2.24, 2.45) is 5.41 Å². The van der Waals surface area contributed by atoms with Crippen molar-refractivity contribution in [1.82, 2.24) is 0 Å². The number of methoxy groups -OCH3 is 1. The van der Waals surface area contributed by atoms with E-state index >= 15 is 0 Å². The Balaban J connectivity index is 3.40. The molecular weight excluding hydrogens is 297 g/mol. The third-order valence-electron chi connectivity index (χ3n) is 2.85. The Bertz CT molecular complexity index is 524. The van der Waals surface area contributed by atoms with E-state index in [-0.39, 0.29) is 17.0 Å². The Morgan fingerprint density at radius 1 is 1.35 bits per heavy atom. The lowest BCUT2D eigenvalue weighted by Crippen LogP contribution is -2.26. The summed E-state index contributed by atoms with van der Waals surface area (Å²) in [6.45, 7) is 2.84. The maximum atomic E-state index is 12.9. The second kappa shape index (κ2) is 5.52. The summed E-state index contributed by atoms with van der Waals surface area (Å²) in [5, 5.41) is 8.95. The number of halogens is 4. The first-order chi connectivity index (χ1) is 8.99. The number of ether oxygens (including phenoxy) is 1. The molecule has 0 spiro atoms. The minimum atomic E-state index is -4.63. The van der Waals surface area contributed by atoms with Gasteiger partial charge in [0.2, 0.25) is 0 Å². The molecule has 0 amide bonds. The molecule has 1 N–H and O–H groups in total. The number of hydrogen-bond donors (Lipinski definition) is 1. The van der Waals surface area contributed by atoms with Crippen LogP contribution in [0.25, 0.3) is 0 Å². The van der Waals surface area contributed by atoms with Gasteiger partial charge in [-0.1, -0.05) is 11.6 Å². The van der Waals surface area contributed by atoms with Crippen LogP contribution in [0.4, 0.5) is 13.2 Å². The zero-order valence-corrected chi connectivity index (χ0v) is 11.9. The quantitative estimate of drug-likeness (QED) is 0.913. The van der Waals surface area contributed by atoms with Crippen molar-refractivity contribution in [1.29, 1.82) is 0 Å². The molecule has 0 heterocycles. The van der Waals surface area contributed by atoms with Crippen LogP contribution in [0.5, 0.6) is 5.75 Å². The molecule has 1 aromatic rings. The number of carbonyl (C=O) groups is 1. The number of carboxylic acids is 1. The van der Waals surface area contributed by atoms with E-state index in [1.165, 1.54) is 19.9 Å². The maximum absolute atomic E-state index is 12.9. The SMILES string of the molecule is COc1c(CC(C)(C)C(=O)O)cc(Cl)cc1C(F)(F)F. The van der Waals surface area contributed by atoms with Crippen LogP contribution in [0.2, 0.25) is 5.02 Å². The van der Waals surface area contributed by atoms with E-state index in [0.717, 1.165) is 13.2 Å². The zero-order chi connectivity index (χ0) is 15.7. The molecule has 0 aliphatic heterocycles. The monoisotopic (exact) mass is 310 g/mol. The van der Waals surface area contributed by atoms with Crippen LogP contribution in [0.1, 0.15) is 25.0 Å². The molecule has 0 saturated carbocycles. The maximum Gasteiger partial charge on any atom is 0.420 e. The molecule has 0 atom stereocenters. The minimum Gasteiger partial charge on any atom is -0.496 e. The number of carboxylic acid groups (broad SMARTS) is 1. The predicted molar refractivity (Wildman–Crippen MR) is 68.1 cm³/mol. The summed E-state index contributed by atoms with van der Waals surface area (Å²) in [4.78, 5) is 11.1. The van der Waals surface area contributed by atoms with Crippen molar-refractivity contribution in [3.8, 4) is 5.75 Å². The Hall–Kier alpha value is -1.43. The molecule has 20 heavy (non-hydrogen) atoms. The molecule has 0 saturated heterocycles. The molecule has 0 fully saturated rings. The number of hydrogen-bond acceptors (Lipinski definition) is 2. The first kappa shape index (κ1) is 16.6. The third kappa shape index (κ3) is 3.56. The van der Waals surface area contributed by atoms with E-state index in [1.807, 2.05) is 0 Å². The minimum absolute atomic E-state index is 0.111. The highest BCUT2D eigenvalue weighted by Gasteiger charge is 2.37. The summed E-state index contributed by atoms with van der Waals surface area (Å²) in [6, 6.07) is 2.05. The van der Waals surface area contributed by atoms with Crippen LogP contribution < -0.4 is 4.74 Å². The fourth-order valence-corrected chi connectivity index (χ4v) is 2.03. The average Bonchev–Trinajstić information content (AvgIpc) is 2.26. The lowest BCUT2D eigenvalue weighted by molar-refractivity contribution is -0.146. The van der Waals surface area contributed by atoms with Gasteiger partial charge in [-0.25, -0.2) is 0 Å². The highest BCUT2D eigenvalue weighted by molar-refractivity contribution is 6.30. The normalized spacial score (nSPS) is 12.3. The van der Waals surface area contributed by atoms with Gasteiger partial charge in [0, 0.05) is 5.02 Å². The highest BCUT2D eigenvalue weighted by atomic mass is 35.5. The van der Waals surface area contributed by atoms with E-state index in [4.69, 9.17) is 21.4 Å². The van der Waals surface area contributed by atoms with Gasteiger partial charge in [0.25, 0.3) is 0 Å². The standard InChI is InChI=1S/C13H14ClF3O3/c1-12(2,11(18)19)6-7-4-8(14)5-9(10(7)20-3)13(15,16)17/h4-5H,6H2,1-3H3,(H,18,19). The Morgan fingerprint density at radius 2 is 1.90 bits per heavy atom. The van der Waals surface area contributed by atoms with Gasteiger partial charge >= 0.3 is 12.1 Å². The van der Waals surface area contributed by atoms with Gasteiger partial charge in [-0.3, -0.25) is 4.79 Å². The number of aliphatic carboxylic acids is 1. The molecule has 3 nitrogen and oxygen atoms in total. The smallest absolute Gasteiger partial charge is 0.420 e. The predicted octanol–water partition coefficient (Wildman–Crippen LogP) is 4.02. The third-order valence-corrected chi connectivity index (χ3v) is 3.07. The summed E-state index contributed by atoms with van der Waals surface area (Å²) in [5.41, 5.74) is -2.13. The molecule has 7 heteroatoms. The topological polar surface area (TPSA) is 46.5 Å². The first-order valence-corrected chi connectivity index (χ1v) is 6.04. The van der Waals surface area contributed by atoms with Gasteiger partial charge in [0.05, 0.1) is 18.1 Å². The van der Waals surface area contributed by atoms with E-state index in [0.29, 0.717) is 0 Å². The van der Waals surface area contributed by atoms with Gasteiger partial charge in [-0.15, -0.1) is 0 Å². The molecule has 1 aromatic carbocycles. The molecule has 1 rings (SSSR count). The molecule has 0 aliphatic carbocycles. The number of rotatable bonds is 4. The van der Waals surface area contributed by atoms with Crippen LogP contribution in [-0.2, 0) is 17.4 Å². The average molecular weight is 311 g/mol. The van der Waals surface area contributed by atoms with E-state index in [9.17, 15) is 18.0 Å². The summed E-state index contributed by atoms with van der Waals surface area (Å²) < 4.78 is 43.6. The summed E-state index contributed by atoms with van der Waals surface area (Å²) in [7, 11) is 1.11. The van der Waals surface area contributed by atoms with Gasteiger partial charge in [0.15, 0.2) is 0 Å². The summed E-state index contributed by atoms with van der Waals surface area (Å²) in [6.07, 6.45) is -4.76. The molecule has 0 aliphatic rings. The lowest BCUT2D eigenvalue weighted by atomic mass is 9.85. The molecule has 0 aromatic heterocycles. The van der Waals surface area contributed by atoms with Gasteiger partial charge in [-0.05, 0) is 38.0 Å². The molecule has 0 bridgehead atoms. The van der Waals surface area contributed by atoms with Crippen LogP contribution in [0.3, 0.4) is 0 Å². The van der Waals surface area contributed by atoms with Crippen molar-refractivity contribution in [3.63, 3.8) is 0 Å². The Labute approximate surface area is 119 Å². The molecular formula is C13H14ClF3O3. The highest BCUT2D eigenvalue weighted by Crippen LogP contribution is 2.41. The largest absolute Gasteiger partial charge is 0.496 e. The van der Waals surface area contributed by atoms with Gasteiger partial charge in [0.1, 0.15) is 5.75 Å². The van der Waals surface area contributed by atoms with Crippen molar-refractivity contribution >= 4 is 17.6 Å². The second-order valence-corrected chi connectivity index (χ2v) is 5.45. The molecule has 0 unspecified atom stereocenters.